The Kier molecular flexibility index (Phi) is 3.59. The summed E-state index contributed by atoms with van der Waals surface area (Å²) < 4.78 is 2.18. The summed E-state index contributed by atoms with van der Waals surface area (Å²) in [6, 6.07) is 1.14. The molecule has 0 aliphatic carbocycles. The van der Waals surface area contributed by atoms with Crippen molar-refractivity contribution in [2.24, 2.45) is 0 Å². The number of aryl methyl sites for hydroxylation is 2. The van der Waals surface area contributed by atoms with E-state index in [0.717, 1.165) is 31.0 Å². The molecule has 1 aromatic heterocycles. The number of piperidine rings is 1. The zero-order valence-electron chi connectivity index (χ0n) is 10.5. The van der Waals surface area contributed by atoms with Crippen LogP contribution in [0.2, 0.25) is 0 Å². The third-order valence-electron chi connectivity index (χ3n) is 3.32. The third-order valence-corrected chi connectivity index (χ3v) is 3.32. The summed E-state index contributed by atoms with van der Waals surface area (Å²) in [7, 11) is 0. The minimum Gasteiger partial charge on any atom is -0.314 e. The molecule has 0 amide bonds. The zero-order valence-corrected chi connectivity index (χ0v) is 10.5. The van der Waals surface area contributed by atoms with Crippen LogP contribution in [-0.4, -0.2) is 27.4 Å². The van der Waals surface area contributed by atoms with Crippen molar-refractivity contribution in [3.63, 3.8) is 0 Å². The Morgan fingerprint density at radius 3 is 2.81 bits per heavy atom. The van der Waals surface area contributed by atoms with Crippen molar-refractivity contribution in [3.05, 3.63) is 11.6 Å². The number of hydrogen-bond donors (Lipinski definition) is 1. The highest BCUT2D eigenvalue weighted by Gasteiger charge is 2.23. The van der Waals surface area contributed by atoms with Gasteiger partial charge in [-0.05, 0) is 26.3 Å². The van der Waals surface area contributed by atoms with Gasteiger partial charge in [0.25, 0.3) is 0 Å². The third kappa shape index (κ3) is 2.26. The predicted octanol–water partition coefficient (Wildman–Crippen LogP) is 1.72. The summed E-state index contributed by atoms with van der Waals surface area (Å²) in [4.78, 5) is 4.58. The van der Waals surface area contributed by atoms with Crippen molar-refractivity contribution in [1.82, 2.24) is 20.1 Å². The van der Waals surface area contributed by atoms with Crippen LogP contribution >= 0.6 is 0 Å². The maximum atomic E-state index is 4.64. The van der Waals surface area contributed by atoms with E-state index in [-0.39, 0.29) is 0 Å². The van der Waals surface area contributed by atoms with Crippen molar-refractivity contribution in [3.8, 4) is 0 Å². The Hall–Kier alpha value is -0.900. The molecule has 1 fully saturated rings. The first kappa shape index (κ1) is 11.6. The summed E-state index contributed by atoms with van der Waals surface area (Å²) in [6.45, 7) is 7.61. The van der Waals surface area contributed by atoms with Gasteiger partial charge in [-0.3, -0.25) is 0 Å². The monoisotopic (exact) mass is 222 g/mol. The minimum absolute atomic E-state index is 0.541. The highest BCUT2D eigenvalue weighted by atomic mass is 15.4. The SMILES string of the molecule is CCc1nc(CC)n(C2CCNC(C)C2)n1. The fourth-order valence-corrected chi connectivity index (χ4v) is 2.42. The van der Waals surface area contributed by atoms with Crippen LogP contribution in [0.3, 0.4) is 0 Å². The Bertz CT molecular complexity index is 345. The molecule has 16 heavy (non-hydrogen) atoms. The second-order valence-corrected chi connectivity index (χ2v) is 4.63. The molecular formula is C12H22N4. The molecule has 1 aromatic rings. The van der Waals surface area contributed by atoms with Crippen LogP contribution in [0.5, 0.6) is 0 Å². The molecule has 0 spiro atoms. The number of aromatic nitrogens is 3. The van der Waals surface area contributed by atoms with Gasteiger partial charge in [-0.15, -0.1) is 0 Å². The minimum atomic E-state index is 0.541. The van der Waals surface area contributed by atoms with Crippen molar-refractivity contribution in [2.45, 2.75) is 58.5 Å². The highest BCUT2D eigenvalue weighted by molar-refractivity contribution is 4.96. The molecule has 1 aliphatic rings. The lowest BCUT2D eigenvalue weighted by atomic mass is 10.0. The molecule has 1 saturated heterocycles. The molecule has 2 unspecified atom stereocenters. The van der Waals surface area contributed by atoms with Crippen LogP contribution in [0.4, 0.5) is 0 Å². The fraction of sp³-hybridized carbons (Fsp3) is 0.833. The molecule has 90 valence electrons. The summed E-state index contributed by atoms with van der Waals surface area (Å²) in [5.41, 5.74) is 0. The van der Waals surface area contributed by atoms with E-state index in [1.807, 2.05) is 0 Å². The lowest BCUT2D eigenvalue weighted by Gasteiger charge is -2.28. The molecule has 1 aliphatic heterocycles. The maximum Gasteiger partial charge on any atom is 0.150 e. The van der Waals surface area contributed by atoms with E-state index in [9.17, 15) is 0 Å². The second kappa shape index (κ2) is 4.95. The molecular weight excluding hydrogens is 200 g/mol. The Morgan fingerprint density at radius 1 is 1.38 bits per heavy atom. The van der Waals surface area contributed by atoms with Crippen molar-refractivity contribution in [2.75, 3.05) is 6.54 Å². The van der Waals surface area contributed by atoms with Gasteiger partial charge in [-0.1, -0.05) is 13.8 Å². The molecule has 0 radical (unpaired) electrons. The number of hydrogen-bond acceptors (Lipinski definition) is 3. The molecule has 4 nitrogen and oxygen atoms in total. The highest BCUT2D eigenvalue weighted by Crippen LogP contribution is 2.22. The van der Waals surface area contributed by atoms with Gasteiger partial charge in [0.1, 0.15) is 5.82 Å². The van der Waals surface area contributed by atoms with Crippen molar-refractivity contribution < 1.29 is 0 Å². The van der Waals surface area contributed by atoms with Crippen molar-refractivity contribution in [1.29, 1.82) is 0 Å². The van der Waals surface area contributed by atoms with Gasteiger partial charge in [0.15, 0.2) is 5.82 Å². The van der Waals surface area contributed by atoms with Crippen LogP contribution < -0.4 is 5.32 Å². The Balaban J connectivity index is 2.20. The van der Waals surface area contributed by atoms with Gasteiger partial charge >= 0.3 is 0 Å². The molecule has 1 N–H and O–H groups in total. The van der Waals surface area contributed by atoms with Crippen molar-refractivity contribution >= 4 is 0 Å². The van der Waals surface area contributed by atoms with E-state index in [2.05, 4.69) is 40.9 Å². The lowest BCUT2D eigenvalue weighted by Crippen LogP contribution is -2.37. The second-order valence-electron chi connectivity index (χ2n) is 4.63. The summed E-state index contributed by atoms with van der Waals surface area (Å²) in [5.74, 6) is 2.14. The first-order valence-electron chi connectivity index (χ1n) is 6.42. The first-order chi connectivity index (χ1) is 7.74. The van der Waals surface area contributed by atoms with Gasteiger partial charge in [-0.2, -0.15) is 5.10 Å². The standard InChI is InChI=1S/C12H22N4/c1-4-11-14-12(5-2)16(15-11)10-6-7-13-9(3)8-10/h9-10,13H,4-8H2,1-3H3. The smallest absolute Gasteiger partial charge is 0.150 e. The van der Waals surface area contributed by atoms with E-state index >= 15 is 0 Å². The van der Waals surface area contributed by atoms with Gasteiger partial charge in [0.2, 0.25) is 0 Å². The van der Waals surface area contributed by atoms with Crippen LogP contribution in [0.25, 0.3) is 0 Å². The summed E-state index contributed by atoms with van der Waals surface area (Å²) >= 11 is 0. The average Bonchev–Trinajstić information content (AvgIpc) is 2.72. The number of nitrogens with zero attached hydrogens (tertiary/aromatic N) is 3. The number of nitrogens with one attached hydrogen (secondary N) is 1. The average molecular weight is 222 g/mol. The van der Waals surface area contributed by atoms with E-state index in [1.54, 1.807) is 0 Å². The van der Waals surface area contributed by atoms with E-state index in [4.69, 9.17) is 0 Å². The molecule has 4 heteroatoms. The predicted molar refractivity (Wildman–Crippen MR) is 64.5 cm³/mol. The van der Waals surface area contributed by atoms with Gasteiger partial charge in [0.05, 0.1) is 6.04 Å². The largest absolute Gasteiger partial charge is 0.314 e. The van der Waals surface area contributed by atoms with E-state index in [0.29, 0.717) is 12.1 Å². The summed E-state index contributed by atoms with van der Waals surface area (Å²) in [5, 5.41) is 8.11. The zero-order chi connectivity index (χ0) is 11.5. The Morgan fingerprint density at radius 2 is 2.19 bits per heavy atom. The molecule has 0 saturated carbocycles. The summed E-state index contributed by atoms with van der Waals surface area (Å²) in [6.07, 6.45) is 4.25. The van der Waals surface area contributed by atoms with E-state index in [1.165, 1.54) is 12.8 Å². The molecule has 0 aromatic carbocycles. The van der Waals surface area contributed by atoms with Gasteiger partial charge < -0.3 is 5.32 Å². The Labute approximate surface area is 97.5 Å². The van der Waals surface area contributed by atoms with Gasteiger partial charge in [0, 0.05) is 18.9 Å². The van der Waals surface area contributed by atoms with Crippen LogP contribution in [0.1, 0.15) is 51.3 Å². The van der Waals surface area contributed by atoms with Crippen LogP contribution in [0, 0.1) is 0 Å². The van der Waals surface area contributed by atoms with Gasteiger partial charge in [-0.25, -0.2) is 9.67 Å². The van der Waals surface area contributed by atoms with E-state index < -0.39 is 0 Å². The molecule has 0 bridgehead atoms. The molecule has 2 atom stereocenters. The molecule has 2 heterocycles. The normalized spacial score (nSPS) is 25.9. The van der Waals surface area contributed by atoms with Crippen LogP contribution in [-0.2, 0) is 12.8 Å². The lowest BCUT2D eigenvalue weighted by molar-refractivity contribution is 0.288. The maximum absolute atomic E-state index is 4.64. The van der Waals surface area contributed by atoms with Crippen LogP contribution in [0.15, 0.2) is 0 Å². The quantitative estimate of drug-likeness (QED) is 0.846. The fourth-order valence-electron chi connectivity index (χ4n) is 2.42. The molecule has 2 rings (SSSR count). The first-order valence-corrected chi connectivity index (χ1v) is 6.42. The number of rotatable bonds is 3. The topological polar surface area (TPSA) is 42.7 Å².